The first kappa shape index (κ1) is 16.2. The largest absolute Gasteiger partial charge is 0.492 e. The summed E-state index contributed by atoms with van der Waals surface area (Å²) in [7, 11) is 0. The quantitative estimate of drug-likeness (QED) is 0.803. The molecule has 0 spiro atoms. The fourth-order valence-corrected chi connectivity index (χ4v) is 2.47. The lowest BCUT2D eigenvalue weighted by Crippen LogP contribution is -2.38. The minimum atomic E-state index is -2.47. The van der Waals surface area contributed by atoms with Gasteiger partial charge in [-0.3, -0.25) is 4.90 Å². The molecule has 0 bridgehead atoms. The van der Waals surface area contributed by atoms with Crippen molar-refractivity contribution >= 4 is 0 Å². The molecule has 1 aromatic rings. The maximum atomic E-state index is 13.1. The Morgan fingerprint density at radius 1 is 1.19 bits per heavy atom. The third-order valence-electron chi connectivity index (χ3n) is 3.70. The number of halogens is 2. The fourth-order valence-electron chi connectivity index (χ4n) is 2.47. The summed E-state index contributed by atoms with van der Waals surface area (Å²) >= 11 is 0. The zero-order valence-electron chi connectivity index (χ0n) is 12.6. The zero-order chi connectivity index (χ0) is 15.2. The van der Waals surface area contributed by atoms with E-state index in [1.807, 2.05) is 13.8 Å². The van der Waals surface area contributed by atoms with Crippen LogP contribution in [0.15, 0.2) is 18.2 Å². The summed E-state index contributed by atoms with van der Waals surface area (Å²) in [6.07, 6.45) is -2.47. The lowest BCUT2D eigenvalue weighted by Gasteiger charge is -2.26. The standard InChI is InChI=1S/C16H23F2NO2/c1-12(2)14-4-3-13(11-15(14)16(17)18)21-10-7-19-5-8-20-9-6-19/h3-4,11-12,16H,5-10H2,1-2H3. The lowest BCUT2D eigenvalue weighted by atomic mass is 9.97. The summed E-state index contributed by atoms with van der Waals surface area (Å²) in [5, 5.41) is 0. The Bertz CT molecular complexity index is 446. The lowest BCUT2D eigenvalue weighted by molar-refractivity contribution is 0.0322. The second-order valence-electron chi connectivity index (χ2n) is 5.55. The van der Waals surface area contributed by atoms with Crippen LogP contribution in [0.1, 0.15) is 37.3 Å². The molecule has 5 heteroatoms. The van der Waals surface area contributed by atoms with E-state index in [0.717, 1.165) is 32.8 Å². The van der Waals surface area contributed by atoms with E-state index in [4.69, 9.17) is 9.47 Å². The van der Waals surface area contributed by atoms with Gasteiger partial charge in [-0.1, -0.05) is 19.9 Å². The molecule has 0 N–H and O–H groups in total. The zero-order valence-corrected chi connectivity index (χ0v) is 12.6. The van der Waals surface area contributed by atoms with Crippen molar-refractivity contribution in [2.45, 2.75) is 26.2 Å². The van der Waals surface area contributed by atoms with Crippen molar-refractivity contribution in [1.29, 1.82) is 0 Å². The van der Waals surface area contributed by atoms with Gasteiger partial charge in [-0.15, -0.1) is 0 Å². The Labute approximate surface area is 124 Å². The van der Waals surface area contributed by atoms with E-state index in [2.05, 4.69) is 4.90 Å². The second-order valence-corrected chi connectivity index (χ2v) is 5.55. The molecule has 1 aliphatic rings. The number of benzene rings is 1. The molecule has 1 aromatic carbocycles. The van der Waals surface area contributed by atoms with Crippen LogP contribution < -0.4 is 4.74 Å². The van der Waals surface area contributed by atoms with E-state index in [0.29, 0.717) is 17.9 Å². The van der Waals surface area contributed by atoms with Crippen molar-refractivity contribution in [3.63, 3.8) is 0 Å². The van der Waals surface area contributed by atoms with Crippen molar-refractivity contribution in [3.05, 3.63) is 29.3 Å². The van der Waals surface area contributed by atoms with Crippen LogP contribution in [0.5, 0.6) is 5.75 Å². The van der Waals surface area contributed by atoms with Crippen LogP contribution in [-0.4, -0.2) is 44.4 Å². The molecule has 1 fully saturated rings. The predicted molar refractivity (Wildman–Crippen MR) is 78.2 cm³/mol. The highest BCUT2D eigenvalue weighted by molar-refractivity contribution is 5.38. The molecule has 1 saturated heterocycles. The van der Waals surface area contributed by atoms with Crippen molar-refractivity contribution in [2.75, 3.05) is 39.5 Å². The average Bonchev–Trinajstić information content (AvgIpc) is 2.48. The first-order chi connectivity index (χ1) is 10.1. The molecular formula is C16H23F2NO2. The van der Waals surface area contributed by atoms with Crippen LogP contribution in [0.25, 0.3) is 0 Å². The molecule has 3 nitrogen and oxygen atoms in total. The number of rotatable bonds is 6. The van der Waals surface area contributed by atoms with Gasteiger partial charge in [0.25, 0.3) is 6.43 Å². The van der Waals surface area contributed by atoms with E-state index in [1.54, 1.807) is 12.1 Å². The molecule has 0 aliphatic carbocycles. The normalized spacial score (nSPS) is 16.7. The highest BCUT2D eigenvalue weighted by Crippen LogP contribution is 2.31. The summed E-state index contributed by atoms with van der Waals surface area (Å²) in [4.78, 5) is 2.25. The van der Waals surface area contributed by atoms with Crippen molar-refractivity contribution in [3.8, 4) is 5.75 Å². The first-order valence-corrected chi connectivity index (χ1v) is 7.43. The van der Waals surface area contributed by atoms with Crippen molar-refractivity contribution < 1.29 is 18.3 Å². The van der Waals surface area contributed by atoms with Gasteiger partial charge in [0.1, 0.15) is 12.4 Å². The predicted octanol–water partition coefficient (Wildman–Crippen LogP) is 3.46. The summed E-state index contributed by atoms with van der Waals surface area (Å²) in [6.45, 7) is 8.43. The van der Waals surface area contributed by atoms with E-state index in [9.17, 15) is 8.78 Å². The third kappa shape index (κ3) is 4.64. The monoisotopic (exact) mass is 299 g/mol. The van der Waals surface area contributed by atoms with E-state index < -0.39 is 6.43 Å². The van der Waals surface area contributed by atoms with Crippen LogP contribution in [0.3, 0.4) is 0 Å². The summed E-state index contributed by atoms with van der Waals surface area (Å²) < 4.78 is 37.1. The van der Waals surface area contributed by atoms with Crippen molar-refractivity contribution in [2.24, 2.45) is 0 Å². The van der Waals surface area contributed by atoms with Crippen LogP contribution in [0, 0.1) is 0 Å². The Morgan fingerprint density at radius 3 is 2.52 bits per heavy atom. The van der Waals surface area contributed by atoms with Gasteiger partial charge in [-0.05, 0) is 23.6 Å². The molecule has 0 radical (unpaired) electrons. The Balaban J connectivity index is 1.92. The fraction of sp³-hybridized carbons (Fsp3) is 0.625. The maximum absolute atomic E-state index is 13.1. The summed E-state index contributed by atoms with van der Waals surface area (Å²) in [5.74, 6) is 0.597. The number of hydrogen-bond acceptors (Lipinski definition) is 3. The van der Waals surface area contributed by atoms with Gasteiger partial charge in [0.2, 0.25) is 0 Å². The highest BCUT2D eigenvalue weighted by Gasteiger charge is 2.16. The molecule has 0 amide bonds. The summed E-state index contributed by atoms with van der Waals surface area (Å²) in [5.41, 5.74) is 0.763. The number of hydrogen-bond donors (Lipinski definition) is 0. The van der Waals surface area contributed by atoms with Crippen LogP contribution in [-0.2, 0) is 4.74 Å². The summed E-state index contributed by atoms with van der Waals surface area (Å²) in [6, 6.07) is 5.00. The van der Waals surface area contributed by atoms with Gasteiger partial charge in [-0.25, -0.2) is 8.78 Å². The molecule has 2 rings (SSSR count). The second kappa shape index (κ2) is 7.71. The number of ether oxygens (including phenoxy) is 2. The molecular weight excluding hydrogens is 276 g/mol. The van der Waals surface area contributed by atoms with Gasteiger partial charge in [0, 0.05) is 25.2 Å². The topological polar surface area (TPSA) is 21.7 Å². The molecule has 1 heterocycles. The van der Waals surface area contributed by atoms with Crippen molar-refractivity contribution in [1.82, 2.24) is 4.90 Å². The van der Waals surface area contributed by atoms with Crippen LogP contribution >= 0.6 is 0 Å². The van der Waals surface area contributed by atoms with Gasteiger partial charge in [0.15, 0.2) is 0 Å². The molecule has 0 atom stereocenters. The van der Waals surface area contributed by atoms with Crippen LogP contribution in [0.4, 0.5) is 8.78 Å². The Morgan fingerprint density at radius 2 is 1.90 bits per heavy atom. The first-order valence-electron chi connectivity index (χ1n) is 7.43. The van der Waals surface area contributed by atoms with Gasteiger partial charge in [0.05, 0.1) is 13.2 Å². The molecule has 0 unspecified atom stereocenters. The average molecular weight is 299 g/mol. The smallest absolute Gasteiger partial charge is 0.264 e. The minimum absolute atomic E-state index is 0.0777. The Hall–Kier alpha value is -1.20. The highest BCUT2D eigenvalue weighted by atomic mass is 19.3. The molecule has 0 saturated carbocycles. The number of morpholine rings is 1. The van der Waals surface area contributed by atoms with Crippen LogP contribution in [0.2, 0.25) is 0 Å². The molecule has 1 aliphatic heterocycles. The van der Waals surface area contributed by atoms with Gasteiger partial charge < -0.3 is 9.47 Å². The van der Waals surface area contributed by atoms with E-state index >= 15 is 0 Å². The SMILES string of the molecule is CC(C)c1ccc(OCCN2CCOCC2)cc1C(F)F. The van der Waals surface area contributed by atoms with E-state index in [-0.39, 0.29) is 11.5 Å². The van der Waals surface area contributed by atoms with Gasteiger partial charge >= 0.3 is 0 Å². The molecule has 0 aromatic heterocycles. The molecule has 21 heavy (non-hydrogen) atoms. The third-order valence-corrected chi connectivity index (χ3v) is 3.70. The Kier molecular flexibility index (Phi) is 5.94. The van der Waals surface area contributed by atoms with E-state index in [1.165, 1.54) is 6.07 Å². The minimum Gasteiger partial charge on any atom is -0.492 e. The van der Waals surface area contributed by atoms with Gasteiger partial charge in [-0.2, -0.15) is 0 Å². The molecule has 118 valence electrons. The number of nitrogens with zero attached hydrogens (tertiary/aromatic N) is 1. The number of alkyl halides is 2. The maximum Gasteiger partial charge on any atom is 0.264 e.